The Hall–Kier alpha value is -4.22. The minimum absolute atomic E-state index is 0.0998. The zero-order valence-corrected chi connectivity index (χ0v) is 37.7. The second kappa shape index (κ2) is 19.9. The molecule has 3 fully saturated rings. The average molecular weight is 854 g/mol. The van der Waals surface area contributed by atoms with E-state index in [-0.39, 0.29) is 37.3 Å². The summed E-state index contributed by atoms with van der Waals surface area (Å²) >= 11 is 0. The highest BCUT2D eigenvalue weighted by atomic mass is 16.7. The molecule has 0 radical (unpaired) electrons. The molecule has 5 heterocycles. The number of amides is 1. The van der Waals surface area contributed by atoms with Crippen molar-refractivity contribution >= 4 is 23.6 Å². The molecule has 1 N–H and O–H groups in total. The molecule has 3 saturated heterocycles. The van der Waals surface area contributed by atoms with E-state index in [4.69, 9.17) is 28.4 Å². The molecule has 3 aliphatic rings. The van der Waals surface area contributed by atoms with Crippen molar-refractivity contribution in [1.29, 1.82) is 0 Å². The number of likely N-dealkylation sites (N-methyl/N-ethyl adjacent to an activating group) is 1. The number of aliphatic hydroxyl groups excluding tert-OH is 1. The number of nitrogens with zero attached hydrogens (tertiary/aromatic N) is 5. The topological polar surface area (TPSA) is 181 Å². The Kier molecular flexibility index (Phi) is 15.6. The first-order valence-electron chi connectivity index (χ1n) is 21.5. The molecule has 338 valence electrons. The molecule has 0 bridgehead atoms. The molecule has 0 aliphatic carbocycles. The number of unbranched alkanes of at least 4 members (excludes halogenated alkanes) is 1. The number of aryl methyl sites for hydroxylation is 1. The number of cyclic esters (lactones) is 1. The van der Waals surface area contributed by atoms with E-state index >= 15 is 0 Å². The maximum Gasteiger partial charge on any atom is 0.411 e. The largest absolute Gasteiger partial charge is 0.481 e. The molecule has 1 amide bonds. The Morgan fingerprint density at radius 3 is 2.33 bits per heavy atom. The van der Waals surface area contributed by atoms with Crippen molar-refractivity contribution in [2.24, 2.45) is 23.7 Å². The van der Waals surface area contributed by atoms with Crippen LogP contribution in [0.15, 0.2) is 43.5 Å². The maximum atomic E-state index is 14.8. The van der Waals surface area contributed by atoms with E-state index in [2.05, 4.69) is 16.5 Å². The molecule has 2 aromatic rings. The second-order valence-electron chi connectivity index (χ2n) is 17.5. The monoisotopic (exact) mass is 853 g/mol. The van der Waals surface area contributed by atoms with Gasteiger partial charge >= 0.3 is 12.1 Å². The molecule has 16 nitrogen and oxygen atoms in total. The van der Waals surface area contributed by atoms with Crippen LogP contribution in [0, 0.1) is 23.7 Å². The highest BCUT2D eigenvalue weighted by molar-refractivity contribution is 6.00. The average Bonchev–Trinajstić information content (AvgIpc) is 3.84. The van der Waals surface area contributed by atoms with Crippen molar-refractivity contribution < 1.29 is 52.7 Å². The Labute approximate surface area is 360 Å². The molecule has 3 aliphatic heterocycles. The number of carbonyl (C=O) groups is 4. The van der Waals surface area contributed by atoms with E-state index in [9.17, 15) is 24.3 Å². The Balaban J connectivity index is 1.44. The third-order valence-corrected chi connectivity index (χ3v) is 13.1. The van der Waals surface area contributed by atoms with Gasteiger partial charge in [-0.15, -0.1) is 0 Å². The van der Waals surface area contributed by atoms with E-state index in [0.717, 1.165) is 11.3 Å². The van der Waals surface area contributed by atoms with Crippen molar-refractivity contribution in [3.8, 4) is 17.1 Å². The molecule has 2 aromatic heterocycles. The number of Topliss-reactive ketones (excluding diaryl/α,β-unsaturated/α-hetero) is 2. The van der Waals surface area contributed by atoms with Gasteiger partial charge in [-0.2, -0.15) is 0 Å². The van der Waals surface area contributed by atoms with Gasteiger partial charge in [0.1, 0.15) is 23.9 Å². The first-order valence-corrected chi connectivity index (χ1v) is 21.5. The number of fused-ring (bicyclic) bond motifs is 1. The van der Waals surface area contributed by atoms with Crippen molar-refractivity contribution in [3.05, 3.63) is 43.5 Å². The lowest BCUT2D eigenvalue weighted by Crippen LogP contribution is -2.60. The Bertz CT molecular complexity index is 1860. The van der Waals surface area contributed by atoms with Crippen LogP contribution < -0.4 is 4.74 Å². The van der Waals surface area contributed by atoms with Crippen LogP contribution in [0.1, 0.15) is 80.6 Å². The molecular weight excluding hydrogens is 787 g/mol. The number of methoxy groups -OCH3 is 2. The number of esters is 1. The number of hydrogen-bond donors (Lipinski definition) is 1. The van der Waals surface area contributed by atoms with Crippen molar-refractivity contribution in [2.75, 3.05) is 34.9 Å². The summed E-state index contributed by atoms with van der Waals surface area (Å²) in [6.07, 6.45) is 3.65. The summed E-state index contributed by atoms with van der Waals surface area (Å²) in [6.45, 7) is 17.1. The second-order valence-corrected chi connectivity index (χ2v) is 17.5. The van der Waals surface area contributed by atoms with Crippen molar-refractivity contribution in [1.82, 2.24) is 24.3 Å². The summed E-state index contributed by atoms with van der Waals surface area (Å²) in [6, 6.07) is 2.46. The summed E-state index contributed by atoms with van der Waals surface area (Å²) in [5.41, 5.74) is -1.30. The predicted octanol–water partition coefficient (Wildman–Crippen LogP) is 5.10. The van der Waals surface area contributed by atoms with Gasteiger partial charge in [0, 0.05) is 68.0 Å². The predicted molar refractivity (Wildman–Crippen MR) is 225 cm³/mol. The third-order valence-electron chi connectivity index (χ3n) is 13.1. The van der Waals surface area contributed by atoms with Gasteiger partial charge in [0.2, 0.25) is 5.88 Å². The van der Waals surface area contributed by atoms with Gasteiger partial charge in [-0.25, -0.2) is 14.8 Å². The van der Waals surface area contributed by atoms with Crippen LogP contribution in [0.25, 0.3) is 11.3 Å². The fraction of sp³-hybridized carbons (Fsp3) is 0.689. The third kappa shape index (κ3) is 9.88. The first-order chi connectivity index (χ1) is 28.9. The number of ketones is 2. The standard InChI is InChI=1S/C45H67N5O11/c1-13-34-45(14-2)39(50(43(55)61-45)20-16-15-19-49-24-32(47-25-49)31-17-18-35(56-11)46-23-31)28(5)36(51)26(3)22-44(8,57-12)40(29(6)37(52)30(7)41(54)59-34)60-42-38(53)33(48(9)10)21-27(4)58-42/h14,17-18,23-30,33-34,38-40,42,53H,2,13,15-16,19-22H2,1,3-12H3/t26-,27-,28+,29+,30-,33+,34-,38-,39-,40-,42?,44+,45-/m1/s1. The number of aliphatic hydroxyl groups is 1. The minimum Gasteiger partial charge on any atom is -0.481 e. The highest BCUT2D eigenvalue weighted by Gasteiger charge is 2.61. The van der Waals surface area contributed by atoms with E-state index in [0.29, 0.717) is 31.7 Å². The summed E-state index contributed by atoms with van der Waals surface area (Å²) in [5.74, 6) is -4.74. The van der Waals surface area contributed by atoms with E-state index in [1.807, 2.05) is 42.7 Å². The van der Waals surface area contributed by atoms with Gasteiger partial charge in [0.25, 0.3) is 0 Å². The normalized spacial score (nSPS) is 35.4. The molecule has 61 heavy (non-hydrogen) atoms. The van der Waals surface area contributed by atoms with Gasteiger partial charge in [0.05, 0.1) is 43.0 Å². The number of pyridine rings is 1. The van der Waals surface area contributed by atoms with Crippen LogP contribution >= 0.6 is 0 Å². The quantitative estimate of drug-likeness (QED) is 0.122. The molecule has 0 spiro atoms. The van der Waals surface area contributed by atoms with Crippen LogP contribution in [0.4, 0.5) is 4.79 Å². The molecule has 0 saturated carbocycles. The van der Waals surface area contributed by atoms with Crippen molar-refractivity contribution in [3.63, 3.8) is 0 Å². The SMILES string of the molecule is C=C[C@]12OC(=O)N(CCCCn3cnc(-c4ccc(OC)nc4)c3)[C@@H]1[C@@H](C)C(=O)[C@H](C)C[C@](C)(OC)[C@H](OC1O[C@H](C)C[C@H](N(C)C)[C@H]1O)[C@@H](C)C(=O)[C@@H](C)C(=O)O[C@@H]2CC. The Morgan fingerprint density at radius 1 is 1.02 bits per heavy atom. The molecule has 16 heteroatoms. The highest BCUT2D eigenvalue weighted by Crippen LogP contribution is 2.44. The summed E-state index contributed by atoms with van der Waals surface area (Å²) in [4.78, 5) is 69.5. The van der Waals surface area contributed by atoms with Crippen LogP contribution in [-0.4, -0.2) is 142 Å². The van der Waals surface area contributed by atoms with Gasteiger partial charge in [0.15, 0.2) is 17.7 Å². The first kappa shape index (κ1) is 47.8. The number of hydrogen-bond acceptors (Lipinski definition) is 14. The molecular formula is C45H67N5O11. The number of ether oxygens (including phenoxy) is 6. The lowest BCUT2D eigenvalue weighted by atomic mass is 9.72. The van der Waals surface area contributed by atoms with Gasteiger partial charge in [-0.3, -0.25) is 19.3 Å². The van der Waals surface area contributed by atoms with E-state index < -0.39 is 83.4 Å². The zero-order valence-electron chi connectivity index (χ0n) is 37.7. The number of aromatic nitrogens is 3. The lowest BCUT2D eigenvalue weighted by Gasteiger charge is -2.47. The zero-order chi connectivity index (χ0) is 45.0. The smallest absolute Gasteiger partial charge is 0.411 e. The summed E-state index contributed by atoms with van der Waals surface area (Å²) < 4.78 is 38.4. The number of carbonyl (C=O) groups excluding carboxylic acids is 4. The van der Waals surface area contributed by atoms with Crippen LogP contribution in [0.3, 0.4) is 0 Å². The van der Waals surface area contributed by atoms with Crippen molar-refractivity contribution in [2.45, 2.75) is 141 Å². The number of rotatable bonds is 13. The fourth-order valence-electron chi connectivity index (χ4n) is 9.54. The van der Waals surface area contributed by atoms with Crippen LogP contribution in [0.5, 0.6) is 5.88 Å². The maximum absolute atomic E-state index is 14.8. The van der Waals surface area contributed by atoms with E-state index in [1.165, 1.54) is 20.1 Å². The van der Waals surface area contributed by atoms with Gasteiger partial charge in [-0.05, 0) is 79.1 Å². The molecule has 13 atom stereocenters. The van der Waals surface area contributed by atoms with Gasteiger partial charge in [-0.1, -0.05) is 34.3 Å². The van der Waals surface area contributed by atoms with Gasteiger partial charge < -0.3 is 43.0 Å². The van der Waals surface area contributed by atoms with E-state index in [1.54, 1.807) is 65.2 Å². The molecule has 5 rings (SSSR count). The fourth-order valence-corrected chi connectivity index (χ4v) is 9.54. The summed E-state index contributed by atoms with van der Waals surface area (Å²) in [7, 11) is 6.78. The molecule has 1 unspecified atom stereocenters. The summed E-state index contributed by atoms with van der Waals surface area (Å²) in [5, 5.41) is 11.5. The van der Waals surface area contributed by atoms with Crippen LogP contribution in [0.2, 0.25) is 0 Å². The lowest BCUT2D eigenvalue weighted by molar-refractivity contribution is -0.295. The number of imidazole rings is 1. The Morgan fingerprint density at radius 2 is 1.72 bits per heavy atom. The van der Waals surface area contributed by atoms with Crippen LogP contribution in [-0.2, 0) is 44.6 Å². The minimum atomic E-state index is -1.61. The molecule has 0 aromatic carbocycles.